The van der Waals surface area contributed by atoms with E-state index in [1.54, 1.807) is 16.7 Å². The van der Waals surface area contributed by atoms with Gasteiger partial charge in [-0.15, -0.1) is 11.3 Å². The zero-order valence-corrected chi connectivity index (χ0v) is 16.1. The van der Waals surface area contributed by atoms with Crippen LogP contribution >= 0.6 is 11.3 Å². The molecule has 0 bridgehead atoms. The lowest BCUT2D eigenvalue weighted by Crippen LogP contribution is -2.45. The fourth-order valence-corrected chi connectivity index (χ4v) is 4.92. The van der Waals surface area contributed by atoms with Gasteiger partial charge in [0.05, 0.1) is 5.69 Å². The predicted octanol–water partition coefficient (Wildman–Crippen LogP) is 2.23. The van der Waals surface area contributed by atoms with Crippen molar-refractivity contribution >= 4 is 22.2 Å². The summed E-state index contributed by atoms with van der Waals surface area (Å²) in [6, 6.07) is 1.63. The van der Waals surface area contributed by atoms with Crippen molar-refractivity contribution in [3.8, 4) is 0 Å². The predicted molar refractivity (Wildman–Crippen MR) is 102 cm³/mol. The van der Waals surface area contributed by atoms with Crippen LogP contribution in [0.1, 0.15) is 38.3 Å². The molecule has 0 spiro atoms. The molecule has 0 aliphatic carbocycles. The van der Waals surface area contributed by atoms with Crippen LogP contribution in [-0.2, 0) is 11.3 Å². The average Bonchev–Trinajstić information content (AvgIpc) is 3.11. The molecule has 140 valence electrons. The number of rotatable bonds is 3. The Morgan fingerprint density at radius 3 is 2.85 bits per heavy atom. The van der Waals surface area contributed by atoms with E-state index in [0.29, 0.717) is 18.4 Å². The Labute approximate surface area is 157 Å². The van der Waals surface area contributed by atoms with E-state index in [1.165, 1.54) is 17.8 Å². The van der Waals surface area contributed by atoms with Gasteiger partial charge in [0.25, 0.3) is 5.56 Å². The zero-order chi connectivity index (χ0) is 18.1. The fraction of sp³-hybridized carbons (Fsp3) is 0.632. The summed E-state index contributed by atoms with van der Waals surface area (Å²) >= 11 is 1.48. The van der Waals surface area contributed by atoms with Gasteiger partial charge in [-0.3, -0.25) is 18.9 Å². The standard InChI is InChI=1S/C19H26N4O2S/c1-14-3-2-6-22(12-14)18(25)15-4-7-21(8-5-15)13-16-11-17(24)23-9-10-26-19(23)20-16/h9-11,14-15H,2-8,12-13H2,1H3. The Morgan fingerprint density at radius 1 is 1.27 bits per heavy atom. The number of hydrogen-bond donors (Lipinski definition) is 0. The summed E-state index contributed by atoms with van der Waals surface area (Å²) in [5.74, 6) is 1.15. The van der Waals surface area contributed by atoms with Gasteiger partial charge in [0.15, 0.2) is 4.96 Å². The quantitative estimate of drug-likeness (QED) is 0.827. The van der Waals surface area contributed by atoms with Crippen LogP contribution in [0.2, 0.25) is 0 Å². The van der Waals surface area contributed by atoms with Crippen LogP contribution in [0.25, 0.3) is 4.96 Å². The van der Waals surface area contributed by atoms with Crippen LogP contribution in [-0.4, -0.2) is 51.3 Å². The molecular weight excluding hydrogens is 348 g/mol. The molecule has 2 aromatic rings. The van der Waals surface area contributed by atoms with Crippen molar-refractivity contribution < 1.29 is 4.79 Å². The molecule has 2 aromatic heterocycles. The van der Waals surface area contributed by atoms with Gasteiger partial charge < -0.3 is 4.90 Å². The van der Waals surface area contributed by atoms with Crippen LogP contribution in [0, 0.1) is 11.8 Å². The summed E-state index contributed by atoms with van der Waals surface area (Å²) in [7, 11) is 0. The number of amides is 1. The van der Waals surface area contributed by atoms with Gasteiger partial charge in [-0.25, -0.2) is 4.98 Å². The van der Waals surface area contributed by atoms with E-state index in [4.69, 9.17) is 0 Å². The van der Waals surface area contributed by atoms with E-state index in [2.05, 4.69) is 21.7 Å². The van der Waals surface area contributed by atoms with Crippen LogP contribution < -0.4 is 5.56 Å². The second-order valence-electron chi connectivity index (χ2n) is 7.72. The second-order valence-corrected chi connectivity index (χ2v) is 8.60. The molecule has 4 heterocycles. The first-order valence-electron chi connectivity index (χ1n) is 9.57. The normalized spacial score (nSPS) is 22.8. The fourth-order valence-electron chi connectivity index (χ4n) is 4.18. The van der Waals surface area contributed by atoms with Gasteiger partial charge in [-0.1, -0.05) is 6.92 Å². The third-order valence-electron chi connectivity index (χ3n) is 5.65. The molecule has 4 rings (SSSR count). The summed E-state index contributed by atoms with van der Waals surface area (Å²) in [5.41, 5.74) is 0.808. The maximum atomic E-state index is 12.8. The molecular formula is C19H26N4O2S. The molecule has 1 unspecified atom stereocenters. The molecule has 6 nitrogen and oxygen atoms in total. The van der Waals surface area contributed by atoms with Gasteiger partial charge in [0.1, 0.15) is 0 Å². The van der Waals surface area contributed by atoms with E-state index < -0.39 is 0 Å². The number of hydrogen-bond acceptors (Lipinski definition) is 5. The summed E-state index contributed by atoms with van der Waals surface area (Å²) < 4.78 is 1.58. The lowest BCUT2D eigenvalue weighted by Gasteiger charge is -2.37. The monoisotopic (exact) mass is 374 g/mol. The topological polar surface area (TPSA) is 57.9 Å². The van der Waals surface area contributed by atoms with Crippen LogP contribution in [0.4, 0.5) is 0 Å². The first-order chi connectivity index (χ1) is 12.6. The van der Waals surface area contributed by atoms with Crippen LogP contribution in [0.5, 0.6) is 0 Å². The smallest absolute Gasteiger partial charge is 0.258 e. The highest BCUT2D eigenvalue weighted by molar-refractivity contribution is 7.15. The summed E-state index contributed by atoms with van der Waals surface area (Å²) in [6.07, 6.45) is 5.95. The Hall–Kier alpha value is -1.73. The summed E-state index contributed by atoms with van der Waals surface area (Å²) in [5, 5.41) is 1.88. The van der Waals surface area contributed by atoms with Crippen molar-refractivity contribution in [2.24, 2.45) is 11.8 Å². The minimum absolute atomic E-state index is 0.0180. The van der Waals surface area contributed by atoms with Crippen molar-refractivity contribution in [1.82, 2.24) is 19.2 Å². The highest BCUT2D eigenvalue weighted by atomic mass is 32.1. The zero-order valence-electron chi connectivity index (χ0n) is 15.3. The van der Waals surface area contributed by atoms with E-state index >= 15 is 0 Å². The Morgan fingerprint density at radius 2 is 2.08 bits per heavy atom. The Kier molecular flexibility index (Phi) is 5.09. The van der Waals surface area contributed by atoms with Gasteiger partial charge >= 0.3 is 0 Å². The molecule has 0 radical (unpaired) electrons. The minimum Gasteiger partial charge on any atom is -0.342 e. The van der Waals surface area contributed by atoms with E-state index in [9.17, 15) is 9.59 Å². The van der Waals surface area contributed by atoms with Crippen LogP contribution in [0.15, 0.2) is 22.4 Å². The number of carbonyl (C=O) groups is 1. The SMILES string of the molecule is CC1CCCN(C(=O)C2CCN(Cc3cc(=O)n4ccsc4n3)CC2)C1. The van der Waals surface area contributed by atoms with Crippen molar-refractivity contribution in [3.63, 3.8) is 0 Å². The van der Waals surface area contributed by atoms with Gasteiger partial charge in [-0.2, -0.15) is 0 Å². The van der Waals surface area contributed by atoms with Crippen molar-refractivity contribution in [2.75, 3.05) is 26.2 Å². The number of likely N-dealkylation sites (tertiary alicyclic amines) is 2. The second kappa shape index (κ2) is 7.48. The maximum Gasteiger partial charge on any atom is 0.258 e. The highest BCUT2D eigenvalue weighted by Crippen LogP contribution is 2.24. The Bertz CT molecular complexity index is 837. The molecule has 2 saturated heterocycles. The third kappa shape index (κ3) is 3.69. The molecule has 0 saturated carbocycles. The molecule has 2 aliphatic heterocycles. The Balaban J connectivity index is 1.34. The van der Waals surface area contributed by atoms with Crippen molar-refractivity contribution in [1.29, 1.82) is 0 Å². The molecule has 26 heavy (non-hydrogen) atoms. The molecule has 2 fully saturated rings. The largest absolute Gasteiger partial charge is 0.342 e. The molecule has 1 atom stereocenters. The number of aromatic nitrogens is 2. The molecule has 0 aromatic carbocycles. The number of nitrogens with zero attached hydrogens (tertiary/aromatic N) is 4. The summed E-state index contributed by atoms with van der Waals surface area (Å²) in [4.78, 5) is 34.6. The van der Waals surface area contributed by atoms with E-state index in [0.717, 1.165) is 56.1 Å². The first kappa shape index (κ1) is 17.7. The molecule has 0 N–H and O–H groups in total. The molecule has 1 amide bonds. The average molecular weight is 375 g/mol. The number of thiazole rings is 1. The first-order valence-corrected chi connectivity index (χ1v) is 10.4. The van der Waals surface area contributed by atoms with E-state index in [1.807, 2.05) is 5.38 Å². The van der Waals surface area contributed by atoms with Gasteiger partial charge in [0, 0.05) is 43.2 Å². The maximum absolute atomic E-state index is 12.8. The summed E-state index contributed by atoms with van der Waals surface area (Å²) in [6.45, 7) is 6.57. The number of piperidine rings is 2. The molecule has 7 heteroatoms. The minimum atomic E-state index is -0.0180. The van der Waals surface area contributed by atoms with Crippen molar-refractivity contribution in [3.05, 3.63) is 33.7 Å². The van der Waals surface area contributed by atoms with Crippen LogP contribution in [0.3, 0.4) is 0 Å². The van der Waals surface area contributed by atoms with Crippen molar-refractivity contribution in [2.45, 2.75) is 39.2 Å². The van der Waals surface area contributed by atoms with Gasteiger partial charge in [-0.05, 0) is 44.7 Å². The number of carbonyl (C=O) groups excluding carboxylic acids is 1. The molecule has 2 aliphatic rings. The number of fused-ring (bicyclic) bond motifs is 1. The van der Waals surface area contributed by atoms with E-state index in [-0.39, 0.29) is 11.5 Å². The van der Waals surface area contributed by atoms with Gasteiger partial charge in [0.2, 0.25) is 5.91 Å². The third-order valence-corrected chi connectivity index (χ3v) is 6.40. The lowest BCUT2D eigenvalue weighted by atomic mass is 9.92. The highest BCUT2D eigenvalue weighted by Gasteiger charge is 2.30. The lowest BCUT2D eigenvalue weighted by molar-refractivity contribution is -0.138.